The molecule has 1 fully saturated rings. The molecular formula is C21H22N4O3S2. The number of rotatable bonds is 7. The Morgan fingerprint density at radius 2 is 1.97 bits per heavy atom. The largest absolute Gasteiger partial charge is 0.302 e. The van der Waals surface area contributed by atoms with Gasteiger partial charge in [0.1, 0.15) is 0 Å². The Hall–Kier alpha value is -2.78. The van der Waals surface area contributed by atoms with Crippen LogP contribution in [0.5, 0.6) is 0 Å². The number of nitrogens with one attached hydrogen (secondary N) is 2. The van der Waals surface area contributed by atoms with E-state index < -0.39 is 10.0 Å². The van der Waals surface area contributed by atoms with Crippen molar-refractivity contribution in [2.45, 2.75) is 43.9 Å². The van der Waals surface area contributed by atoms with Crippen LogP contribution in [0.15, 0.2) is 47.5 Å². The standard InChI is InChI=1S/C21H22N4O3S2/c1-3-18(26)24-21-23-13(2)20(29-21)15-11-17(19(22-12-15)14-9-10-14)25-30(27,28)16-7-5-4-6-8-16/h4-8,11-12,14,25H,3,9-10H2,1-2H3,(H,23,24,26). The molecule has 0 radical (unpaired) electrons. The van der Waals surface area contributed by atoms with Crippen LogP contribution in [0.4, 0.5) is 10.8 Å². The summed E-state index contributed by atoms with van der Waals surface area (Å²) in [5, 5.41) is 3.29. The summed E-state index contributed by atoms with van der Waals surface area (Å²) in [7, 11) is -3.72. The minimum atomic E-state index is -3.72. The fourth-order valence-electron chi connectivity index (χ4n) is 3.09. The Labute approximate surface area is 179 Å². The van der Waals surface area contributed by atoms with Gasteiger partial charge in [0.25, 0.3) is 10.0 Å². The number of nitrogens with zero attached hydrogens (tertiary/aromatic N) is 2. The fourth-order valence-corrected chi connectivity index (χ4v) is 5.14. The predicted molar refractivity (Wildman–Crippen MR) is 118 cm³/mol. The Kier molecular flexibility index (Phi) is 5.57. The first kappa shape index (κ1) is 20.5. The van der Waals surface area contributed by atoms with Gasteiger partial charge < -0.3 is 5.32 Å². The highest BCUT2D eigenvalue weighted by Crippen LogP contribution is 2.44. The molecule has 3 aromatic rings. The third kappa shape index (κ3) is 4.36. The van der Waals surface area contributed by atoms with Crippen molar-refractivity contribution >= 4 is 38.1 Å². The highest BCUT2D eigenvalue weighted by atomic mass is 32.2. The molecule has 7 nitrogen and oxygen atoms in total. The van der Waals surface area contributed by atoms with Gasteiger partial charge in [0.15, 0.2) is 5.13 Å². The molecule has 30 heavy (non-hydrogen) atoms. The van der Waals surface area contributed by atoms with Crippen molar-refractivity contribution in [2.24, 2.45) is 0 Å². The highest BCUT2D eigenvalue weighted by molar-refractivity contribution is 7.92. The molecule has 1 aliphatic carbocycles. The number of anilines is 2. The molecule has 2 heterocycles. The van der Waals surface area contributed by atoms with E-state index in [-0.39, 0.29) is 16.7 Å². The Morgan fingerprint density at radius 3 is 2.63 bits per heavy atom. The predicted octanol–water partition coefficient (Wildman–Crippen LogP) is 4.54. The molecule has 0 atom stereocenters. The van der Waals surface area contributed by atoms with Gasteiger partial charge in [-0.05, 0) is 38.0 Å². The molecule has 2 aromatic heterocycles. The lowest BCUT2D eigenvalue weighted by atomic mass is 10.1. The number of hydrogen-bond donors (Lipinski definition) is 2. The van der Waals surface area contributed by atoms with Gasteiger partial charge in [-0.25, -0.2) is 13.4 Å². The third-order valence-electron chi connectivity index (χ3n) is 4.81. The smallest absolute Gasteiger partial charge is 0.261 e. The van der Waals surface area contributed by atoms with Gasteiger partial charge in [0.05, 0.1) is 26.8 Å². The van der Waals surface area contributed by atoms with Gasteiger partial charge in [-0.2, -0.15) is 0 Å². The van der Waals surface area contributed by atoms with E-state index in [1.807, 2.05) is 13.0 Å². The van der Waals surface area contributed by atoms with Crippen molar-refractivity contribution in [2.75, 3.05) is 10.0 Å². The molecule has 0 unspecified atom stereocenters. The van der Waals surface area contributed by atoms with Gasteiger partial charge >= 0.3 is 0 Å². The molecule has 0 bridgehead atoms. The maximum Gasteiger partial charge on any atom is 0.261 e. The number of benzene rings is 1. The molecule has 0 spiro atoms. The van der Waals surface area contributed by atoms with E-state index in [4.69, 9.17) is 0 Å². The number of aryl methyl sites for hydroxylation is 1. The molecule has 4 rings (SSSR count). The summed E-state index contributed by atoms with van der Waals surface area (Å²) in [6, 6.07) is 10.1. The Bertz CT molecular complexity index is 1190. The van der Waals surface area contributed by atoms with Crippen molar-refractivity contribution in [3.8, 4) is 10.4 Å². The zero-order chi connectivity index (χ0) is 21.3. The third-order valence-corrected chi connectivity index (χ3v) is 7.31. The number of thiazole rings is 1. The Balaban J connectivity index is 1.70. The first-order valence-electron chi connectivity index (χ1n) is 9.73. The number of aromatic nitrogens is 2. The van der Waals surface area contributed by atoms with E-state index in [9.17, 15) is 13.2 Å². The minimum Gasteiger partial charge on any atom is -0.302 e. The van der Waals surface area contributed by atoms with Crippen LogP contribution in [0.2, 0.25) is 0 Å². The summed E-state index contributed by atoms with van der Waals surface area (Å²) in [6.45, 7) is 3.64. The average molecular weight is 443 g/mol. The maximum absolute atomic E-state index is 12.9. The second-order valence-corrected chi connectivity index (χ2v) is 9.87. The summed E-state index contributed by atoms with van der Waals surface area (Å²) in [5.74, 6) is 0.170. The SMILES string of the molecule is CCC(=O)Nc1nc(C)c(-c2cnc(C3CC3)c(NS(=O)(=O)c3ccccc3)c2)s1. The van der Waals surface area contributed by atoms with Crippen LogP contribution in [0.25, 0.3) is 10.4 Å². The molecule has 1 amide bonds. The first-order valence-corrected chi connectivity index (χ1v) is 12.0. The van der Waals surface area contributed by atoms with Crippen LogP contribution in [0, 0.1) is 6.92 Å². The molecule has 2 N–H and O–H groups in total. The van der Waals surface area contributed by atoms with Gasteiger partial charge in [-0.1, -0.05) is 36.5 Å². The van der Waals surface area contributed by atoms with E-state index in [0.717, 1.165) is 34.7 Å². The maximum atomic E-state index is 12.9. The van der Waals surface area contributed by atoms with Crippen molar-refractivity contribution in [1.82, 2.24) is 9.97 Å². The van der Waals surface area contributed by atoms with Crippen LogP contribution in [-0.2, 0) is 14.8 Å². The lowest BCUT2D eigenvalue weighted by Gasteiger charge is -2.13. The quantitative estimate of drug-likeness (QED) is 0.559. The van der Waals surface area contributed by atoms with Gasteiger partial charge in [0.2, 0.25) is 5.91 Å². The lowest BCUT2D eigenvalue weighted by Crippen LogP contribution is -2.14. The summed E-state index contributed by atoms with van der Waals surface area (Å²) < 4.78 is 28.5. The number of sulfonamides is 1. The second-order valence-electron chi connectivity index (χ2n) is 7.18. The van der Waals surface area contributed by atoms with E-state index >= 15 is 0 Å². The van der Waals surface area contributed by atoms with E-state index in [2.05, 4.69) is 20.0 Å². The van der Waals surface area contributed by atoms with Crippen molar-refractivity contribution in [3.63, 3.8) is 0 Å². The summed E-state index contributed by atoms with van der Waals surface area (Å²) in [6.07, 6.45) is 4.12. The van der Waals surface area contributed by atoms with Crippen LogP contribution in [0.3, 0.4) is 0 Å². The normalized spacial score (nSPS) is 13.8. The van der Waals surface area contributed by atoms with Crippen LogP contribution in [0.1, 0.15) is 43.5 Å². The molecule has 1 aromatic carbocycles. The second kappa shape index (κ2) is 8.16. The van der Waals surface area contributed by atoms with Gasteiger partial charge in [-0.3, -0.25) is 14.5 Å². The van der Waals surface area contributed by atoms with Crippen LogP contribution in [-0.4, -0.2) is 24.3 Å². The molecule has 9 heteroatoms. The number of amides is 1. The molecule has 0 saturated heterocycles. The lowest BCUT2D eigenvalue weighted by molar-refractivity contribution is -0.115. The number of carbonyl (C=O) groups excluding carboxylic acids is 1. The van der Waals surface area contributed by atoms with E-state index in [1.54, 1.807) is 43.5 Å². The average Bonchev–Trinajstić information content (AvgIpc) is 3.51. The molecular weight excluding hydrogens is 420 g/mol. The number of hydrogen-bond acceptors (Lipinski definition) is 6. The van der Waals surface area contributed by atoms with Crippen LogP contribution < -0.4 is 10.0 Å². The summed E-state index contributed by atoms with van der Waals surface area (Å²) in [4.78, 5) is 21.7. The fraction of sp³-hybridized carbons (Fsp3) is 0.286. The zero-order valence-electron chi connectivity index (χ0n) is 16.7. The summed E-state index contributed by atoms with van der Waals surface area (Å²) >= 11 is 1.35. The zero-order valence-corrected chi connectivity index (χ0v) is 18.3. The van der Waals surface area contributed by atoms with Crippen LogP contribution >= 0.6 is 11.3 Å². The summed E-state index contributed by atoms with van der Waals surface area (Å²) in [5.41, 5.74) is 2.77. The van der Waals surface area contributed by atoms with Gasteiger partial charge in [-0.15, -0.1) is 0 Å². The molecule has 1 aliphatic rings. The van der Waals surface area contributed by atoms with Crippen molar-refractivity contribution < 1.29 is 13.2 Å². The van der Waals surface area contributed by atoms with Crippen molar-refractivity contribution in [3.05, 3.63) is 54.0 Å². The molecule has 156 valence electrons. The molecule has 0 aliphatic heterocycles. The Morgan fingerprint density at radius 1 is 1.23 bits per heavy atom. The first-order chi connectivity index (χ1) is 14.4. The van der Waals surface area contributed by atoms with E-state index in [0.29, 0.717) is 17.2 Å². The number of pyridine rings is 1. The number of carbonyl (C=O) groups is 1. The monoisotopic (exact) mass is 442 g/mol. The van der Waals surface area contributed by atoms with Crippen molar-refractivity contribution in [1.29, 1.82) is 0 Å². The molecule has 1 saturated carbocycles. The highest BCUT2D eigenvalue weighted by Gasteiger charge is 2.30. The van der Waals surface area contributed by atoms with E-state index in [1.165, 1.54) is 11.3 Å². The topological polar surface area (TPSA) is 101 Å². The minimum absolute atomic E-state index is 0.103. The van der Waals surface area contributed by atoms with Gasteiger partial charge in [0, 0.05) is 24.1 Å².